The molecule has 3 rings (SSSR count). The van der Waals surface area contributed by atoms with Crippen LogP contribution in [0, 0.1) is 11.3 Å². The number of nitrogens with zero attached hydrogens (tertiary/aromatic N) is 3. The van der Waals surface area contributed by atoms with Gasteiger partial charge in [0, 0.05) is 25.7 Å². The summed E-state index contributed by atoms with van der Waals surface area (Å²) in [5.41, 5.74) is -0.680. The van der Waals surface area contributed by atoms with E-state index in [1.54, 1.807) is 60.8 Å². The summed E-state index contributed by atoms with van der Waals surface area (Å²) in [6.45, 7) is 11.0. The molecule has 14 heteroatoms. The second kappa shape index (κ2) is 15.6. The molecule has 2 aromatic carbocycles. The minimum atomic E-state index is -1.66. The molecule has 1 aliphatic rings. The molecule has 0 spiro atoms. The summed E-state index contributed by atoms with van der Waals surface area (Å²) >= 11 is 0. The van der Waals surface area contributed by atoms with Crippen LogP contribution in [0.2, 0.25) is 0 Å². The molecule has 2 atom stereocenters. The standard InChI is InChI=1S/C34H42N4O10/c1-21(39)46-27(28-30(41)37(15-16-45-28)19-22-9-13-26(44-8)14-10-22)29(40)36-25-12-11-23(18-35)24(17-25)20-38(31(42)47-33(2,3)4)32(43)48-34(5,6)7/h9-14,17,27-28H,15-16,19-20H2,1-8H3,(H,36,40)/t27-,28-/m1/s1. The Morgan fingerprint density at radius 1 is 1.02 bits per heavy atom. The van der Waals surface area contributed by atoms with Gasteiger partial charge in [-0.25, -0.2) is 14.5 Å². The number of imide groups is 1. The number of amides is 4. The first-order valence-corrected chi connectivity index (χ1v) is 15.2. The highest BCUT2D eigenvalue weighted by molar-refractivity contribution is 6.00. The molecule has 4 amide bonds. The fourth-order valence-electron chi connectivity index (χ4n) is 4.54. The summed E-state index contributed by atoms with van der Waals surface area (Å²) in [4.78, 5) is 67.5. The Kier molecular flexibility index (Phi) is 12.1. The zero-order chi connectivity index (χ0) is 35.8. The summed E-state index contributed by atoms with van der Waals surface area (Å²) in [7, 11) is 1.55. The number of methoxy groups -OCH3 is 1. The van der Waals surface area contributed by atoms with Crippen LogP contribution in [0.5, 0.6) is 5.75 Å². The van der Waals surface area contributed by atoms with E-state index in [-0.39, 0.29) is 36.5 Å². The molecule has 0 radical (unpaired) electrons. The zero-order valence-corrected chi connectivity index (χ0v) is 28.4. The van der Waals surface area contributed by atoms with Crippen LogP contribution in [0.3, 0.4) is 0 Å². The molecule has 1 aliphatic heterocycles. The van der Waals surface area contributed by atoms with Crippen molar-refractivity contribution in [1.29, 1.82) is 5.26 Å². The molecule has 1 heterocycles. The highest BCUT2D eigenvalue weighted by Crippen LogP contribution is 2.24. The van der Waals surface area contributed by atoms with Gasteiger partial charge in [0.1, 0.15) is 17.0 Å². The van der Waals surface area contributed by atoms with Gasteiger partial charge in [-0.05, 0) is 83.0 Å². The van der Waals surface area contributed by atoms with Crippen molar-refractivity contribution in [1.82, 2.24) is 9.80 Å². The number of anilines is 1. The van der Waals surface area contributed by atoms with Crippen LogP contribution in [0.25, 0.3) is 0 Å². The molecule has 0 unspecified atom stereocenters. The average molecular weight is 667 g/mol. The van der Waals surface area contributed by atoms with Crippen LogP contribution in [-0.4, -0.2) is 83.4 Å². The van der Waals surface area contributed by atoms with Gasteiger partial charge in [-0.15, -0.1) is 0 Å². The monoisotopic (exact) mass is 666 g/mol. The summed E-state index contributed by atoms with van der Waals surface area (Å²) in [5, 5.41) is 12.4. The third-order valence-corrected chi connectivity index (χ3v) is 6.62. The van der Waals surface area contributed by atoms with Crippen molar-refractivity contribution in [2.45, 2.75) is 85.0 Å². The maximum absolute atomic E-state index is 13.6. The molecule has 1 saturated heterocycles. The predicted molar refractivity (Wildman–Crippen MR) is 172 cm³/mol. The van der Waals surface area contributed by atoms with Crippen molar-refractivity contribution in [2.75, 3.05) is 25.6 Å². The van der Waals surface area contributed by atoms with E-state index < -0.39 is 59.9 Å². The number of rotatable bonds is 9. The Morgan fingerprint density at radius 3 is 2.15 bits per heavy atom. The van der Waals surface area contributed by atoms with E-state index in [1.165, 1.54) is 23.1 Å². The smallest absolute Gasteiger partial charge is 0.420 e. The number of ether oxygens (including phenoxy) is 5. The topological polar surface area (TPSA) is 174 Å². The summed E-state index contributed by atoms with van der Waals surface area (Å²) < 4.78 is 27.0. The minimum Gasteiger partial charge on any atom is -0.497 e. The van der Waals surface area contributed by atoms with E-state index >= 15 is 0 Å². The molecule has 1 fully saturated rings. The first-order chi connectivity index (χ1) is 22.4. The number of hydrogen-bond acceptors (Lipinski definition) is 11. The van der Waals surface area contributed by atoms with Crippen molar-refractivity contribution < 1.29 is 47.7 Å². The first-order valence-electron chi connectivity index (χ1n) is 15.2. The van der Waals surface area contributed by atoms with E-state index in [0.717, 1.165) is 12.5 Å². The lowest BCUT2D eigenvalue weighted by atomic mass is 10.1. The van der Waals surface area contributed by atoms with Gasteiger partial charge in [-0.3, -0.25) is 14.4 Å². The second-order valence-electron chi connectivity index (χ2n) is 12.9. The van der Waals surface area contributed by atoms with Crippen molar-refractivity contribution in [3.63, 3.8) is 0 Å². The number of morpholine rings is 1. The lowest BCUT2D eigenvalue weighted by Crippen LogP contribution is -2.56. The first kappa shape index (κ1) is 37.3. The van der Waals surface area contributed by atoms with Crippen LogP contribution >= 0.6 is 0 Å². The molecule has 258 valence electrons. The summed E-state index contributed by atoms with van der Waals surface area (Å²) in [5.74, 6) is -1.58. The van der Waals surface area contributed by atoms with Gasteiger partial charge in [0.25, 0.3) is 11.8 Å². The molecule has 0 saturated carbocycles. The third-order valence-electron chi connectivity index (χ3n) is 6.62. The quantitative estimate of drug-likeness (QED) is 0.294. The van der Waals surface area contributed by atoms with Crippen LogP contribution in [0.1, 0.15) is 65.2 Å². The van der Waals surface area contributed by atoms with E-state index in [2.05, 4.69) is 5.32 Å². The van der Waals surface area contributed by atoms with E-state index in [4.69, 9.17) is 23.7 Å². The van der Waals surface area contributed by atoms with E-state index in [0.29, 0.717) is 10.6 Å². The number of nitrogens with one attached hydrogen (secondary N) is 1. The van der Waals surface area contributed by atoms with Crippen molar-refractivity contribution in [3.8, 4) is 11.8 Å². The lowest BCUT2D eigenvalue weighted by Gasteiger charge is -2.35. The lowest BCUT2D eigenvalue weighted by molar-refractivity contribution is -0.177. The maximum atomic E-state index is 13.6. The fourth-order valence-corrected chi connectivity index (χ4v) is 4.54. The Hall–Kier alpha value is -5.16. The number of nitriles is 1. The van der Waals surface area contributed by atoms with Crippen LogP contribution < -0.4 is 10.1 Å². The van der Waals surface area contributed by atoms with Crippen molar-refractivity contribution >= 4 is 35.7 Å². The SMILES string of the molecule is COc1ccc(CN2CCO[C@H]([C@@H](OC(C)=O)C(=O)Nc3ccc(C#N)c(CN(C(=O)OC(C)(C)C)C(=O)OC(C)(C)C)c3)C2=O)cc1. The molecular formula is C34H42N4O10. The predicted octanol–water partition coefficient (Wildman–Crippen LogP) is 4.54. The van der Waals surface area contributed by atoms with Crippen LogP contribution in [0.4, 0.5) is 15.3 Å². The van der Waals surface area contributed by atoms with Gasteiger partial charge in [0.2, 0.25) is 6.10 Å². The average Bonchev–Trinajstić information content (AvgIpc) is 2.98. The Labute approximate surface area is 279 Å². The Bertz CT molecular complexity index is 1530. The highest BCUT2D eigenvalue weighted by atomic mass is 16.6. The molecule has 14 nitrogen and oxygen atoms in total. The van der Waals surface area contributed by atoms with Crippen LogP contribution in [0.15, 0.2) is 42.5 Å². The Balaban J connectivity index is 1.87. The van der Waals surface area contributed by atoms with Crippen molar-refractivity contribution in [2.24, 2.45) is 0 Å². The number of hydrogen-bond donors (Lipinski definition) is 1. The zero-order valence-electron chi connectivity index (χ0n) is 28.4. The number of benzene rings is 2. The van der Waals surface area contributed by atoms with Gasteiger partial charge >= 0.3 is 18.2 Å². The largest absolute Gasteiger partial charge is 0.497 e. The van der Waals surface area contributed by atoms with Gasteiger partial charge in [-0.2, -0.15) is 5.26 Å². The highest BCUT2D eigenvalue weighted by Gasteiger charge is 2.42. The van der Waals surface area contributed by atoms with Crippen LogP contribution in [-0.2, 0) is 46.4 Å². The molecule has 48 heavy (non-hydrogen) atoms. The third kappa shape index (κ3) is 10.7. The second-order valence-corrected chi connectivity index (χ2v) is 12.9. The number of carbonyl (C=O) groups is 5. The van der Waals surface area contributed by atoms with Gasteiger partial charge < -0.3 is 33.9 Å². The summed E-state index contributed by atoms with van der Waals surface area (Å²) in [6.07, 6.45) is -5.10. The molecule has 1 N–H and O–H groups in total. The molecule has 0 bridgehead atoms. The van der Waals surface area contributed by atoms with E-state index in [9.17, 15) is 29.2 Å². The van der Waals surface area contributed by atoms with Gasteiger partial charge in [0.15, 0.2) is 6.10 Å². The number of esters is 1. The molecular weight excluding hydrogens is 624 g/mol. The maximum Gasteiger partial charge on any atom is 0.420 e. The molecule has 0 aromatic heterocycles. The van der Waals surface area contributed by atoms with E-state index in [1.807, 2.05) is 18.2 Å². The Morgan fingerprint density at radius 2 is 1.62 bits per heavy atom. The van der Waals surface area contributed by atoms with Gasteiger partial charge in [0.05, 0.1) is 31.9 Å². The minimum absolute atomic E-state index is 0.0871. The normalized spacial score (nSPS) is 15.4. The van der Waals surface area contributed by atoms with Crippen molar-refractivity contribution in [3.05, 3.63) is 59.2 Å². The number of carbonyl (C=O) groups excluding carboxylic acids is 5. The van der Waals surface area contributed by atoms with Gasteiger partial charge in [-0.1, -0.05) is 12.1 Å². The summed E-state index contributed by atoms with van der Waals surface area (Å²) in [6, 6.07) is 13.3. The fraction of sp³-hybridized carbons (Fsp3) is 0.471. The molecule has 2 aromatic rings. The molecule has 0 aliphatic carbocycles.